The predicted molar refractivity (Wildman–Crippen MR) is 201 cm³/mol. The summed E-state index contributed by atoms with van der Waals surface area (Å²) >= 11 is 7.25. The summed E-state index contributed by atoms with van der Waals surface area (Å²) in [5.41, 5.74) is -1.01. The van der Waals surface area contributed by atoms with Crippen LogP contribution >= 0.6 is 31.9 Å². The zero-order valence-electron chi connectivity index (χ0n) is 31.3. The summed E-state index contributed by atoms with van der Waals surface area (Å²) in [6.45, 7) is 12.0. The zero-order valence-corrected chi connectivity index (χ0v) is 34.5. The maximum absolute atomic E-state index is 14.1. The van der Waals surface area contributed by atoms with Crippen molar-refractivity contribution in [3.8, 4) is 0 Å². The second kappa shape index (κ2) is 17.1. The lowest BCUT2D eigenvalue weighted by atomic mass is 9.85. The summed E-state index contributed by atoms with van der Waals surface area (Å²) in [7, 11) is 3.11. The van der Waals surface area contributed by atoms with E-state index in [9.17, 15) is 33.6 Å². The molecule has 6 amide bonds. The smallest absolute Gasteiger partial charge is 0.408 e. The Labute approximate surface area is 322 Å². The molecule has 1 saturated carbocycles. The van der Waals surface area contributed by atoms with Crippen molar-refractivity contribution in [1.29, 1.82) is 0 Å². The van der Waals surface area contributed by atoms with Gasteiger partial charge in [-0.2, -0.15) is 0 Å². The molecule has 0 spiro atoms. The van der Waals surface area contributed by atoms with Crippen LogP contribution in [0.2, 0.25) is 0 Å². The van der Waals surface area contributed by atoms with E-state index in [1.165, 1.54) is 9.80 Å². The topological polar surface area (TPSA) is 183 Å². The summed E-state index contributed by atoms with van der Waals surface area (Å²) in [5, 5.41) is 10.3. The third-order valence-corrected chi connectivity index (χ3v) is 11.1. The number of likely N-dealkylation sites (N-methyl/N-ethyl adjacent to an activating group) is 1. The molecule has 6 atom stereocenters. The Morgan fingerprint density at radius 2 is 1.58 bits per heavy atom. The molecule has 2 aliphatic rings. The third-order valence-electron chi connectivity index (χ3n) is 8.90. The highest BCUT2D eigenvalue weighted by molar-refractivity contribution is 9.25. The van der Waals surface area contributed by atoms with Crippen LogP contribution in [-0.2, 0) is 33.5 Å². The van der Waals surface area contributed by atoms with Crippen molar-refractivity contribution in [1.82, 2.24) is 31.1 Å². The number of hydrogen-bond acceptors (Lipinski definition) is 8. The Morgan fingerprint density at radius 3 is 2.12 bits per heavy atom. The fraction of sp³-hybridized carbons (Fsp3) is 0.639. The van der Waals surface area contributed by atoms with Crippen molar-refractivity contribution in [2.45, 2.75) is 101 Å². The van der Waals surface area contributed by atoms with E-state index in [1.54, 1.807) is 86.0 Å². The van der Waals surface area contributed by atoms with E-state index in [2.05, 4.69) is 53.1 Å². The zero-order chi connectivity index (χ0) is 39.3. The molecule has 1 aliphatic carbocycles. The minimum absolute atomic E-state index is 0.139. The monoisotopic (exact) mass is 854 g/mol. The molecular weight excluding hydrogens is 804 g/mol. The van der Waals surface area contributed by atoms with Gasteiger partial charge in [-0.15, -0.1) is 0 Å². The van der Waals surface area contributed by atoms with Crippen molar-refractivity contribution in [3.63, 3.8) is 0 Å². The number of ether oxygens (including phenoxy) is 1. The molecular formula is C36H52Br2N6O8. The van der Waals surface area contributed by atoms with Crippen molar-refractivity contribution in [3.05, 3.63) is 35.9 Å². The van der Waals surface area contributed by atoms with Gasteiger partial charge in [0.05, 0.1) is 15.8 Å². The molecule has 0 radical (unpaired) electrons. The second-order valence-corrected chi connectivity index (χ2v) is 19.3. The SMILES string of the molecule is CCCCC(NC(=O)[C@@H]1[C@@H]2[C@H](CN1C(=O)[C@@H](NC(=O)OC(C)(C)C)C(C)(C)C)C2(Br)Br)C(=O)C(=O)NCC(=O)N[C@H](C(=O)N(C)C)c1ccccc1. The van der Waals surface area contributed by atoms with Gasteiger partial charge in [0.25, 0.3) is 5.91 Å². The maximum atomic E-state index is 14.1. The predicted octanol–water partition coefficient (Wildman–Crippen LogP) is 3.17. The minimum Gasteiger partial charge on any atom is -0.444 e. The molecule has 1 aromatic rings. The number of unbranched alkanes of at least 4 members (excludes halogenated alkanes) is 1. The van der Waals surface area contributed by atoms with Crippen LogP contribution in [0.25, 0.3) is 0 Å². The molecule has 1 aromatic carbocycles. The first-order valence-electron chi connectivity index (χ1n) is 17.4. The molecule has 1 saturated heterocycles. The number of piperidine rings is 1. The Morgan fingerprint density at radius 1 is 0.962 bits per heavy atom. The van der Waals surface area contributed by atoms with Crippen molar-refractivity contribution >= 4 is 73.3 Å². The lowest BCUT2D eigenvalue weighted by Crippen LogP contribution is -2.61. The molecule has 288 valence electrons. The van der Waals surface area contributed by atoms with Gasteiger partial charge in [0.2, 0.25) is 29.4 Å². The molecule has 0 bridgehead atoms. The minimum atomic E-state index is -1.24. The first-order valence-corrected chi connectivity index (χ1v) is 19.0. The van der Waals surface area contributed by atoms with Gasteiger partial charge in [-0.05, 0) is 38.2 Å². The van der Waals surface area contributed by atoms with Crippen molar-refractivity contribution in [2.75, 3.05) is 27.2 Å². The molecule has 4 N–H and O–H groups in total. The number of alkyl carbamates (subject to hydrolysis) is 1. The van der Waals surface area contributed by atoms with Gasteiger partial charge >= 0.3 is 6.09 Å². The van der Waals surface area contributed by atoms with E-state index in [1.807, 2.05) is 6.92 Å². The molecule has 3 rings (SSSR count). The summed E-state index contributed by atoms with van der Waals surface area (Å²) in [4.78, 5) is 96.0. The highest BCUT2D eigenvalue weighted by atomic mass is 79.9. The van der Waals surface area contributed by atoms with Crippen LogP contribution in [0, 0.1) is 17.3 Å². The Balaban J connectivity index is 1.76. The number of benzene rings is 1. The molecule has 14 nitrogen and oxygen atoms in total. The molecule has 1 heterocycles. The van der Waals surface area contributed by atoms with Crippen LogP contribution in [0.5, 0.6) is 0 Å². The largest absolute Gasteiger partial charge is 0.444 e. The quantitative estimate of drug-likeness (QED) is 0.163. The van der Waals surface area contributed by atoms with Gasteiger partial charge in [0.15, 0.2) is 0 Å². The number of ketones is 1. The van der Waals surface area contributed by atoms with Crippen molar-refractivity contribution < 1.29 is 38.3 Å². The highest BCUT2D eigenvalue weighted by Crippen LogP contribution is 2.67. The molecule has 1 unspecified atom stereocenters. The standard InChI is InChI=1S/C36H52Br2N6O8/c1-10-11-17-22(27(46)30(48)39-18-23(45)41-25(31(49)43(8)9)20-15-13-12-14-16-20)40-29(47)26-24-21(36(24,37)38)19-44(26)32(50)28(34(2,3)4)42-33(51)52-35(5,6)7/h12-16,21-22,24-26,28H,10-11,17-19H2,1-9H3,(H,39,48)(H,40,47)(H,41,45)(H,42,51)/t21-,22?,24-,25-,26-,28+/m0/s1. The normalized spacial score (nSPS) is 20.7. The average molecular weight is 857 g/mol. The van der Waals surface area contributed by atoms with Gasteiger partial charge < -0.3 is 35.8 Å². The lowest BCUT2D eigenvalue weighted by Gasteiger charge is -2.37. The second-order valence-electron chi connectivity index (χ2n) is 15.6. The van der Waals surface area contributed by atoms with E-state index in [0.29, 0.717) is 18.4 Å². The molecule has 2 fully saturated rings. The number of carbonyl (C=O) groups excluding carboxylic acids is 7. The third kappa shape index (κ3) is 10.8. The summed E-state index contributed by atoms with van der Waals surface area (Å²) in [6, 6.07) is 4.29. The number of rotatable bonds is 14. The van der Waals surface area contributed by atoms with Crippen molar-refractivity contribution in [2.24, 2.45) is 17.3 Å². The summed E-state index contributed by atoms with van der Waals surface area (Å²) in [5.74, 6) is -4.72. The maximum Gasteiger partial charge on any atom is 0.408 e. The number of carbonyl (C=O) groups is 7. The number of nitrogens with zero attached hydrogens (tertiary/aromatic N) is 2. The number of amides is 6. The van der Waals surface area contributed by atoms with Crippen LogP contribution in [-0.4, -0.2) is 105 Å². The van der Waals surface area contributed by atoms with Gasteiger partial charge in [-0.3, -0.25) is 28.8 Å². The van der Waals surface area contributed by atoms with Crippen LogP contribution in [0.4, 0.5) is 4.79 Å². The molecule has 52 heavy (non-hydrogen) atoms. The van der Waals surface area contributed by atoms with E-state index in [4.69, 9.17) is 4.74 Å². The number of hydrogen-bond donors (Lipinski definition) is 4. The fourth-order valence-electron chi connectivity index (χ4n) is 6.12. The van der Waals surface area contributed by atoms with Crippen LogP contribution in [0.15, 0.2) is 30.3 Å². The van der Waals surface area contributed by atoms with E-state index in [0.717, 1.165) is 0 Å². The number of Topliss-reactive ketones (excluding diaryl/α,β-unsaturated/α-hetero) is 1. The highest BCUT2D eigenvalue weighted by Gasteiger charge is 2.73. The molecule has 16 heteroatoms. The Bertz CT molecular complexity index is 1520. The summed E-state index contributed by atoms with van der Waals surface area (Å²) < 4.78 is 4.80. The molecule has 0 aromatic heterocycles. The first-order chi connectivity index (χ1) is 24.0. The van der Waals surface area contributed by atoms with Gasteiger partial charge in [0.1, 0.15) is 23.7 Å². The average Bonchev–Trinajstić information content (AvgIpc) is 3.35. The van der Waals surface area contributed by atoms with E-state index >= 15 is 0 Å². The number of nitrogens with one attached hydrogen (secondary N) is 4. The lowest BCUT2D eigenvalue weighted by molar-refractivity contribution is -0.145. The Kier molecular flexibility index (Phi) is 14.1. The van der Waals surface area contributed by atoms with E-state index < -0.39 is 80.5 Å². The van der Waals surface area contributed by atoms with E-state index in [-0.39, 0.29) is 30.7 Å². The molecule has 1 aliphatic heterocycles. The Hall–Kier alpha value is -3.53. The number of fused-ring (bicyclic) bond motifs is 1. The van der Waals surface area contributed by atoms with Gasteiger partial charge in [0, 0.05) is 32.5 Å². The number of alkyl halides is 2. The summed E-state index contributed by atoms with van der Waals surface area (Å²) in [6.07, 6.45) is 0.536. The number of halogens is 2. The number of likely N-dealkylation sites (tertiary alicyclic amines) is 1. The fourth-order valence-corrected chi connectivity index (χ4v) is 7.85. The van der Waals surface area contributed by atoms with Crippen LogP contribution in [0.3, 0.4) is 0 Å². The first kappa shape index (κ1) is 42.9. The van der Waals surface area contributed by atoms with Crippen LogP contribution < -0.4 is 21.3 Å². The van der Waals surface area contributed by atoms with Gasteiger partial charge in [-0.25, -0.2) is 4.79 Å². The van der Waals surface area contributed by atoms with Crippen LogP contribution in [0.1, 0.15) is 79.3 Å². The van der Waals surface area contributed by atoms with Gasteiger partial charge in [-0.1, -0.05) is 103 Å².